The summed E-state index contributed by atoms with van der Waals surface area (Å²) >= 11 is 9.57. The Kier molecular flexibility index (Phi) is 10.7. The molecule has 0 aliphatic rings. The van der Waals surface area contributed by atoms with Crippen LogP contribution in [0.2, 0.25) is 51.9 Å². The third kappa shape index (κ3) is 8.75. The van der Waals surface area contributed by atoms with Crippen molar-refractivity contribution >= 4 is 90.8 Å². The molecule has 0 aliphatic heterocycles. The average molecular weight is 782 g/mol. The van der Waals surface area contributed by atoms with Crippen LogP contribution in [0.5, 0.6) is 0 Å². The Balaban J connectivity index is 1.50. The van der Waals surface area contributed by atoms with E-state index in [1.54, 1.807) is 16.9 Å². The maximum absolute atomic E-state index is 15.6. The molecular formula is C27H37Br2F2N3O2S2Si3. The van der Waals surface area contributed by atoms with Crippen molar-refractivity contribution in [2.75, 3.05) is 0 Å². The first kappa shape index (κ1) is 33.3. The number of hydrogen-bond donors (Lipinski definition) is 0. The smallest absolute Gasteiger partial charge is 0.314 e. The quantitative estimate of drug-likeness (QED) is 0.100. The van der Waals surface area contributed by atoms with Gasteiger partial charge in [-0.2, -0.15) is 15.0 Å². The summed E-state index contributed by atoms with van der Waals surface area (Å²) < 4.78 is 46.1. The van der Waals surface area contributed by atoms with Crippen LogP contribution in [-0.2, 0) is 14.8 Å². The van der Waals surface area contributed by atoms with Crippen molar-refractivity contribution < 1.29 is 17.0 Å². The second-order valence-corrected chi connectivity index (χ2v) is 30.1. The Morgan fingerprint density at radius 2 is 1.15 bits per heavy atom. The fraction of sp³-hybridized carbons (Fsp3) is 0.481. The molecule has 1 aromatic carbocycles. The summed E-state index contributed by atoms with van der Waals surface area (Å²) in [4.78, 5) is 2.82. The largest absolute Gasteiger partial charge is 0.437 e. The van der Waals surface area contributed by atoms with E-state index in [9.17, 15) is 0 Å². The number of unbranched alkanes of at least 4 members (excludes halogenated alkanes) is 3. The minimum Gasteiger partial charge on any atom is -0.437 e. The number of aromatic nitrogens is 3. The number of nitrogens with zero attached hydrogens (tertiary/aromatic N) is 3. The molecule has 4 rings (SSSR count). The van der Waals surface area contributed by atoms with Crippen molar-refractivity contribution in [3.8, 4) is 20.9 Å². The molecule has 3 heterocycles. The molecule has 5 nitrogen and oxygen atoms in total. The summed E-state index contributed by atoms with van der Waals surface area (Å²) in [5.41, 5.74) is 1.08. The van der Waals surface area contributed by atoms with Crippen molar-refractivity contribution in [3.05, 3.63) is 43.5 Å². The van der Waals surface area contributed by atoms with Gasteiger partial charge in [-0.25, -0.2) is 8.78 Å². The molecule has 4 aromatic rings. The Labute approximate surface area is 269 Å². The van der Waals surface area contributed by atoms with Crippen LogP contribution in [-0.4, -0.2) is 40.2 Å². The van der Waals surface area contributed by atoms with E-state index >= 15 is 8.78 Å². The zero-order chi connectivity index (χ0) is 30.2. The molecule has 0 fully saturated rings. The monoisotopic (exact) mass is 779 g/mol. The van der Waals surface area contributed by atoms with Gasteiger partial charge in [0.15, 0.2) is 28.3 Å². The van der Waals surface area contributed by atoms with Gasteiger partial charge < -0.3 is 8.23 Å². The van der Waals surface area contributed by atoms with E-state index in [-0.39, 0.29) is 11.1 Å². The average Bonchev–Trinajstić information content (AvgIpc) is 3.55. The van der Waals surface area contributed by atoms with Gasteiger partial charge in [0, 0.05) is 9.75 Å². The highest BCUT2D eigenvalue weighted by atomic mass is 79.9. The van der Waals surface area contributed by atoms with Gasteiger partial charge in [0.2, 0.25) is 0 Å². The van der Waals surface area contributed by atoms with E-state index in [0.717, 1.165) is 39.3 Å². The molecular weight excluding hydrogens is 745 g/mol. The van der Waals surface area contributed by atoms with Crippen LogP contribution in [0.25, 0.3) is 31.9 Å². The van der Waals surface area contributed by atoms with E-state index in [1.165, 1.54) is 22.7 Å². The topological polar surface area (TPSA) is 49.2 Å². The molecule has 224 valence electrons. The normalized spacial score (nSPS) is 13.0. The van der Waals surface area contributed by atoms with Gasteiger partial charge in [-0.3, -0.25) is 0 Å². The lowest BCUT2D eigenvalue weighted by Crippen LogP contribution is -2.52. The Morgan fingerprint density at radius 3 is 1.54 bits per heavy atom. The van der Waals surface area contributed by atoms with Gasteiger partial charge in [0.05, 0.1) is 25.2 Å². The van der Waals surface area contributed by atoms with Gasteiger partial charge in [0.1, 0.15) is 11.0 Å². The van der Waals surface area contributed by atoms with Gasteiger partial charge in [0.25, 0.3) is 0 Å². The number of hydrogen-bond acceptors (Lipinski definition) is 6. The molecule has 0 saturated heterocycles. The summed E-state index contributed by atoms with van der Waals surface area (Å²) in [6, 6.07) is 8.20. The SMILES string of the molecule is C[Si](C)(C)O[Si](C)(CCCCCCn1nc2c(-c3ccc(Br)s3)c(F)c(F)c(-c3ccc(Br)s3)c2n1)O[Si](C)(C)C. The molecule has 0 N–H and O–H groups in total. The highest BCUT2D eigenvalue weighted by Crippen LogP contribution is 2.44. The highest BCUT2D eigenvalue weighted by Gasteiger charge is 2.39. The highest BCUT2D eigenvalue weighted by molar-refractivity contribution is 9.11. The minimum absolute atomic E-state index is 0.160. The number of rotatable bonds is 13. The molecule has 0 unspecified atom stereocenters. The van der Waals surface area contributed by atoms with Crippen molar-refractivity contribution in [1.82, 2.24) is 15.0 Å². The zero-order valence-electron chi connectivity index (χ0n) is 24.5. The Bertz CT molecular complexity index is 1420. The van der Waals surface area contributed by atoms with Gasteiger partial charge in [-0.1, -0.05) is 19.3 Å². The van der Waals surface area contributed by atoms with Crippen LogP contribution < -0.4 is 0 Å². The second-order valence-electron chi connectivity index (χ2n) is 12.3. The maximum Gasteiger partial charge on any atom is 0.314 e. The summed E-state index contributed by atoms with van der Waals surface area (Å²) in [7, 11) is -5.65. The van der Waals surface area contributed by atoms with Crippen LogP contribution in [0.4, 0.5) is 8.78 Å². The first-order chi connectivity index (χ1) is 19.1. The number of benzene rings is 1. The molecule has 0 spiro atoms. The molecule has 3 aromatic heterocycles. The fourth-order valence-corrected chi connectivity index (χ4v) is 20.5. The number of halogens is 4. The second kappa shape index (κ2) is 13.2. The predicted octanol–water partition coefficient (Wildman–Crippen LogP) is 11.0. The van der Waals surface area contributed by atoms with Crippen LogP contribution >= 0.6 is 54.5 Å². The van der Waals surface area contributed by atoms with Crippen molar-refractivity contribution in [1.29, 1.82) is 0 Å². The molecule has 0 atom stereocenters. The molecule has 0 amide bonds. The summed E-state index contributed by atoms with van der Waals surface area (Å²) in [6.45, 7) is 16.2. The van der Waals surface area contributed by atoms with Crippen molar-refractivity contribution in [2.24, 2.45) is 0 Å². The van der Waals surface area contributed by atoms with Gasteiger partial charge in [-0.15, -0.1) is 22.7 Å². The Morgan fingerprint density at radius 1 is 0.707 bits per heavy atom. The van der Waals surface area contributed by atoms with Crippen LogP contribution in [0.3, 0.4) is 0 Å². The standard InChI is InChI=1S/C27H37Br2F2N3O2S2Si3/c1-39(2,3)35-41(7,36-40(4,5)6)17-11-9-8-10-16-34-32-26-22(18-12-14-20(28)37-18)24(30)25(31)23(27(26)33-34)19-13-15-21(29)38-19/h12-15H,8-11,16-17H2,1-7H3. The van der Waals surface area contributed by atoms with Crippen LogP contribution in [0, 0.1) is 11.6 Å². The molecule has 0 radical (unpaired) electrons. The molecule has 14 heteroatoms. The number of thiophene rings is 2. The molecule has 0 saturated carbocycles. The maximum atomic E-state index is 15.6. The minimum atomic E-state index is -2.23. The van der Waals surface area contributed by atoms with E-state index < -0.39 is 36.8 Å². The molecule has 0 bridgehead atoms. The first-order valence-corrected chi connectivity index (χ1v) is 26.3. The van der Waals surface area contributed by atoms with E-state index in [0.29, 0.717) is 27.3 Å². The number of fused-ring (bicyclic) bond motifs is 1. The Hall–Kier alpha value is -0.589. The lowest BCUT2D eigenvalue weighted by Gasteiger charge is -2.38. The van der Waals surface area contributed by atoms with Crippen LogP contribution in [0.1, 0.15) is 25.7 Å². The van der Waals surface area contributed by atoms with Gasteiger partial charge >= 0.3 is 8.56 Å². The summed E-state index contributed by atoms with van der Waals surface area (Å²) in [5, 5.41) is 9.38. The zero-order valence-corrected chi connectivity index (χ0v) is 32.3. The lowest BCUT2D eigenvalue weighted by atomic mass is 10.0. The van der Waals surface area contributed by atoms with Crippen molar-refractivity contribution in [2.45, 2.75) is 84.1 Å². The van der Waals surface area contributed by atoms with E-state index in [2.05, 4.69) is 77.7 Å². The third-order valence-corrected chi connectivity index (χ3v) is 19.1. The third-order valence-electron chi connectivity index (χ3n) is 6.18. The first-order valence-electron chi connectivity index (χ1n) is 13.7. The molecule has 0 aliphatic carbocycles. The van der Waals surface area contributed by atoms with E-state index in [4.69, 9.17) is 18.4 Å². The van der Waals surface area contributed by atoms with Gasteiger partial charge in [-0.05, 0) is 114 Å². The fourth-order valence-electron chi connectivity index (χ4n) is 5.03. The van der Waals surface area contributed by atoms with E-state index in [1.807, 2.05) is 12.1 Å². The predicted molar refractivity (Wildman–Crippen MR) is 183 cm³/mol. The number of aryl methyl sites for hydroxylation is 1. The summed E-state index contributed by atoms with van der Waals surface area (Å²) in [5.74, 6) is -1.79. The van der Waals surface area contributed by atoms with Crippen molar-refractivity contribution in [3.63, 3.8) is 0 Å². The molecule has 41 heavy (non-hydrogen) atoms. The van der Waals surface area contributed by atoms with Crippen LogP contribution in [0.15, 0.2) is 31.8 Å². The summed E-state index contributed by atoms with van der Waals surface area (Å²) in [6.07, 6.45) is 3.98. The lowest BCUT2D eigenvalue weighted by molar-refractivity contribution is 0.379.